The number of morpholine rings is 1. The van der Waals surface area contributed by atoms with Crippen molar-refractivity contribution in [2.24, 2.45) is 0 Å². The van der Waals surface area contributed by atoms with Crippen molar-refractivity contribution >= 4 is 40.7 Å². The van der Waals surface area contributed by atoms with Crippen LogP contribution in [0.15, 0.2) is 46.9 Å². The van der Waals surface area contributed by atoms with E-state index in [-0.39, 0.29) is 24.8 Å². The van der Waals surface area contributed by atoms with Crippen LogP contribution >= 0.6 is 40.7 Å². The van der Waals surface area contributed by atoms with Crippen LogP contribution in [-0.2, 0) is 17.9 Å². The zero-order valence-electron chi connectivity index (χ0n) is 16.6. The van der Waals surface area contributed by atoms with E-state index in [1.54, 1.807) is 7.11 Å². The number of methoxy groups -OCH3 is 1. The molecule has 29 heavy (non-hydrogen) atoms. The number of halogens is 3. The largest absolute Gasteiger partial charge is 0.493 e. The first-order valence-electron chi connectivity index (χ1n) is 9.30. The first kappa shape index (κ1) is 26.0. The Morgan fingerprint density at radius 1 is 1.10 bits per heavy atom. The molecule has 0 radical (unpaired) electrons. The lowest BCUT2D eigenvalue weighted by Gasteiger charge is -2.26. The van der Waals surface area contributed by atoms with Crippen LogP contribution in [0.4, 0.5) is 0 Å². The molecule has 0 atom stereocenters. The van der Waals surface area contributed by atoms with Crippen LogP contribution in [0, 0.1) is 0 Å². The summed E-state index contributed by atoms with van der Waals surface area (Å²) in [6.45, 7) is 6.88. The number of rotatable bonds is 9. The quantitative estimate of drug-likeness (QED) is 0.512. The molecule has 0 amide bonds. The molecule has 1 fully saturated rings. The van der Waals surface area contributed by atoms with E-state index < -0.39 is 0 Å². The van der Waals surface area contributed by atoms with E-state index >= 15 is 0 Å². The topological polar surface area (TPSA) is 43.0 Å². The summed E-state index contributed by atoms with van der Waals surface area (Å²) >= 11 is 3.57. The van der Waals surface area contributed by atoms with Crippen LogP contribution in [0.5, 0.6) is 11.5 Å². The minimum atomic E-state index is 0. The fraction of sp³-hybridized carbons (Fsp3) is 0.429. The molecule has 1 saturated heterocycles. The highest BCUT2D eigenvalue weighted by molar-refractivity contribution is 9.10. The summed E-state index contributed by atoms with van der Waals surface area (Å²) in [5.74, 6) is 1.54. The van der Waals surface area contributed by atoms with Gasteiger partial charge in [-0.05, 0) is 17.7 Å². The second kappa shape index (κ2) is 14.1. The highest BCUT2D eigenvalue weighted by atomic mass is 79.9. The van der Waals surface area contributed by atoms with E-state index in [9.17, 15) is 0 Å². The Balaban J connectivity index is 0.00000210. The SMILES string of the molecule is COc1cc(Br)cc(CNCCN2CCOCC2)c1OCc1ccccc1.Cl.Cl. The van der Waals surface area contributed by atoms with Crippen molar-refractivity contribution in [2.75, 3.05) is 46.5 Å². The third kappa shape index (κ3) is 8.32. The first-order chi connectivity index (χ1) is 13.3. The zero-order chi connectivity index (χ0) is 18.9. The Hall–Kier alpha value is -1.02. The Labute approximate surface area is 194 Å². The predicted molar refractivity (Wildman–Crippen MR) is 125 cm³/mol. The summed E-state index contributed by atoms with van der Waals surface area (Å²) in [5, 5.41) is 3.53. The second-order valence-corrected chi connectivity index (χ2v) is 7.42. The van der Waals surface area contributed by atoms with Crippen molar-refractivity contribution in [3.8, 4) is 11.5 Å². The number of benzene rings is 2. The molecule has 8 heteroatoms. The second-order valence-electron chi connectivity index (χ2n) is 6.50. The van der Waals surface area contributed by atoms with Gasteiger partial charge in [-0.3, -0.25) is 4.90 Å². The van der Waals surface area contributed by atoms with Gasteiger partial charge in [-0.25, -0.2) is 0 Å². The molecule has 0 spiro atoms. The van der Waals surface area contributed by atoms with E-state index in [4.69, 9.17) is 14.2 Å². The van der Waals surface area contributed by atoms with E-state index in [2.05, 4.69) is 44.3 Å². The van der Waals surface area contributed by atoms with Gasteiger partial charge in [0.15, 0.2) is 11.5 Å². The average Bonchev–Trinajstić information content (AvgIpc) is 2.71. The molecule has 2 aromatic rings. The van der Waals surface area contributed by atoms with Gasteiger partial charge in [-0.15, -0.1) is 24.8 Å². The molecule has 0 saturated carbocycles. The molecule has 1 heterocycles. The molecule has 1 N–H and O–H groups in total. The van der Waals surface area contributed by atoms with Gasteiger partial charge in [0.1, 0.15) is 6.61 Å². The maximum atomic E-state index is 6.13. The van der Waals surface area contributed by atoms with E-state index in [1.165, 1.54) is 0 Å². The fourth-order valence-corrected chi connectivity index (χ4v) is 3.57. The Kier molecular flexibility index (Phi) is 12.6. The maximum absolute atomic E-state index is 6.13. The lowest BCUT2D eigenvalue weighted by molar-refractivity contribution is 0.0384. The Bertz CT molecular complexity index is 717. The van der Waals surface area contributed by atoms with Crippen LogP contribution in [0.1, 0.15) is 11.1 Å². The van der Waals surface area contributed by atoms with E-state index in [0.29, 0.717) is 6.61 Å². The van der Waals surface area contributed by atoms with Gasteiger partial charge in [0, 0.05) is 42.8 Å². The minimum Gasteiger partial charge on any atom is -0.493 e. The molecule has 1 aliphatic heterocycles. The molecule has 2 aromatic carbocycles. The molecule has 3 rings (SSSR count). The monoisotopic (exact) mass is 506 g/mol. The first-order valence-corrected chi connectivity index (χ1v) is 10.1. The number of nitrogens with one attached hydrogen (secondary N) is 1. The molecule has 0 aromatic heterocycles. The maximum Gasteiger partial charge on any atom is 0.166 e. The van der Waals surface area contributed by atoms with Gasteiger partial charge in [0.2, 0.25) is 0 Å². The van der Waals surface area contributed by atoms with Gasteiger partial charge >= 0.3 is 0 Å². The number of ether oxygens (including phenoxy) is 3. The molecular formula is C21H29BrCl2N2O3. The summed E-state index contributed by atoms with van der Waals surface area (Å²) in [6, 6.07) is 14.2. The van der Waals surface area contributed by atoms with Crippen molar-refractivity contribution < 1.29 is 14.2 Å². The van der Waals surface area contributed by atoms with Gasteiger partial charge in [0.25, 0.3) is 0 Å². The lowest BCUT2D eigenvalue weighted by atomic mass is 10.1. The Morgan fingerprint density at radius 2 is 1.83 bits per heavy atom. The summed E-state index contributed by atoms with van der Waals surface area (Å²) < 4.78 is 18.1. The van der Waals surface area contributed by atoms with Gasteiger partial charge in [-0.2, -0.15) is 0 Å². The third-order valence-corrected chi connectivity index (χ3v) is 5.02. The average molecular weight is 508 g/mol. The van der Waals surface area contributed by atoms with E-state index in [0.717, 1.165) is 73.0 Å². The fourth-order valence-electron chi connectivity index (χ4n) is 3.08. The minimum absolute atomic E-state index is 0. The zero-order valence-corrected chi connectivity index (χ0v) is 19.8. The van der Waals surface area contributed by atoms with Crippen molar-refractivity contribution in [2.45, 2.75) is 13.2 Å². The van der Waals surface area contributed by atoms with Crippen LogP contribution < -0.4 is 14.8 Å². The lowest BCUT2D eigenvalue weighted by Crippen LogP contribution is -2.40. The summed E-state index contributed by atoms with van der Waals surface area (Å²) in [4.78, 5) is 2.42. The van der Waals surface area contributed by atoms with Crippen LogP contribution in [0.2, 0.25) is 0 Å². The summed E-state index contributed by atoms with van der Waals surface area (Å²) in [5.41, 5.74) is 2.22. The van der Waals surface area contributed by atoms with Gasteiger partial charge < -0.3 is 19.5 Å². The third-order valence-electron chi connectivity index (χ3n) is 4.57. The molecule has 162 valence electrons. The molecular weight excluding hydrogens is 479 g/mol. The van der Waals surface area contributed by atoms with E-state index in [1.807, 2.05) is 24.3 Å². The smallest absolute Gasteiger partial charge is 0.166 e. The highest BCUT2D eigenvalue weighted by Gasteiger charge is 2.14. The van der Waals surface area contributed by atoms with Crippen LogP contribution in [0.25, 0.3) is 0 Å². The number of hydrogen-bond acceptors (Lipinski definition) is 5. The predicted octanol–water partition coefficient (Wildman–Crippen LogP) is 4.30. The molecule has 0 unspecified atom stereocenters. The molecule has 0 aliphatic carbocycles. The number of hydrogen-bond donors (Lipinski definition) is 1. The van der Waals surface area contributed by atoms with Crippen LogP contribution in [-0.4, -0.2) is 51.4 Å². The highest BCUT2D eigenvalue weighted by Crippen LogP contribution is 2.35. The van der Waals surface area contributed by atoms with Gasteiger partial charge in [-0.1, -0.05) is 46.3 Å². The number of nitrogens with zero attached hydrogens (tertiary/aromatic N) is 1. The van der Waals surface area contributed by atoms with Gasteiger partial charge in [0.05, 0.1) is 20.3 Å². The molecule has 5 nitrogen and oxygen atoms in total. The summed E-state index contributed by atoms with van der Waals surface area (Å²) in [6.07, 6.45) is 0. The van der Waals surface area contributed by atoms with Crippen molar-refractivity contribution in [1.82, 2.24) is 10.2 Å². The van der Waals surface area contributed by atoms with Crippen molar-refractivity contribution in [3.05, 3.63) is 58.1 Å². The molecule has 0 bridgehead atoms. The van der Waals surface area contributed by atoms with Crippen molar-refractivity contribution in [1.29, 1.82) is 0 Å². The standard InChI is InChI=1S/C21H27BrN2O3.2ClH/c1-25-20-14-19(22)13-18(15-23-7-8-24-9-11-26-12-10-24)21(20)27-16-17-5-3-2-4-6-17;;/h2-6,13-14,23H,7-12,15-16H2,1H3;2*1H. The van der Waals surface area contributed by atoms with Crippen molar-refractivity contribution in [3.63, 3.8) is 0 Å². The normalized spacial score (nSPS) is 13.9. The summed E-state index contributed by atoms with van der Waals surface area (Å²) in [7, 11) is 1.67. The molecule has 1 aliphatic rings. The Morgan fingerprint density at radius 3 is 2.52 bits per heavy atom. The van der Waals surface area contributed by atoms with Crippen LogP contribution in [0.3, 0.4) is 0 Å².